The van der Waals surface area contributed by atoms with Gasteiger partial charge in [-0.15, -0.1) is 0 Å². The van der Waals surface area contributed by atoms with Crippen LogP contribution >= 0.6 is 0 Å². The summed E-state index contributed by atoms with van der Waals surface area (Å²) in [7, 11) is 1.38. The number of carbonyl (C=O) groups is 1. The Hall–Kier alpha value is -0.650. The molecule has 0 aromatic heterocycles. The number of esters is 1. The van der Waals surface area contributed by atoms with E-state index in [-0.39, 0.29) is 5.97 Å². The number of likely N-dealkylation sites (N-methyl/N-ethyl adjacent to an activating group) is 1. The fourth-order valence-electron chi connectivity index (χ4n) is 2.45. The van der Waals surface area contributed by atoms with Gasteiger partial charge in [0.1, 0.15) is 5.54 Å². The van der Waals surface area contributed by atoms with Crippen molar-refractivity contribution in [1.29, 1.82) is 0 Å². The molecule has 1 rings (SSSR count). The molecule has 0 aromatic rings. The van der Waals surface area contributed by atoms with Crippen LogP contribution in [0.3, 0.4) is 0 Å². The number of nitrogens with two attached hydrogens (primary N) is 1. The Kier molecular flexibility index (Phi) is 4.91. The molecule has 0 spiro atoms. The van der Waals surface area contributed by atoms with Gasteiger partial charge in [0.2, 0.25) is 0 Å². The summed E-state index contributed by atoms with van der Waals surface area (Å²) in [5.74, 6) is -0.344. The molecule has 17 heavy (non-hydrogen) atoms. The van der Waals surface area contributed by atoms with Gasteiger partial charge >= 0.3 is 5.97 Å². The molecule has 1 aliphatic rings. The van der Waals surface area contributed by atoms with Gasteiger partial charge in [0, 0.05) is 32.2 Å². The third-order valence-corrected chi connectivity index (χ3v) is 3.46. The molecule has 0 aliphatic carbocycles. The molecule has 5 nitrogen and oxygen atoms in total. The SMILES string of the molecule is CCN1CCN(CC(C)(N)C(=O)OC)CC1C. The maximum Gasteiger partial charge on any atom is 0.326 e. The fourth-order valence-corrected chi connectivity index (χ4v) is 2.45. The second kappa shape index (κ2) is 5.80. The van der Waals surface area contributed by atoms with Crippen LogP contribution in [-0.4, -0.2) is 67.2 Å². The van der Waals surface area contributed by atoms with Gasteiger partial charge < -0.3 is 10.5 Å². The third-order valence-electron chi connectivity index (χ3n) is 3.46. The summed E-state index contributed by atoms with van der Waals surface area (Å²) in [6, 6.07) is 0.516. The molecule has 2 atom stereocenters. The fraction of sp³-hybridized carbons (Fsp3) is 0.917. The highest BCUT2D eigenvalue weighted by Gasteiger charge is 2.34. The predicted molar refractivity (Wildman–Crippen MR) is 67.8 cm³/mol. The summed E-state index contributed by atoms with van der Waals surface area (Å²) in [5, 5.41) is 0. The number of nitrogens with zero attached hydrogens (tertiary/aromatic N) is 2. The average Bonchev–Trinajstić information content (AvgIpc) is 2.27. The van der Waals surface area contributed by atoms with Crippen LogP contribution in [0, 0.1) is 0 Å². The van der Waals surface area contributed by atoms with Gasteiger partial charge in [-0.05, 0) is 20.4 Å². The van der Waals surface area contributed by atoms with Crippen molar-refractivity contribution in [3.63, 3.8) is 0 Å². The first-order valence-corrected chi connectivity index (χ1v) is 6.24. The molecular formula is C12H25N3O2. The molecule has 0 saturated carbocycles. The van der Waals surface area contributed by atoms with Crippen molar-refractivity contribution < 1.29 is 9.53 Å². The molecule has 100 valence electrons. The maximum absolute atomic E-state index is 11.5. The number of hydrogen-bond donors (Lipinski definition) is 1. The number of rotatable bonds is 4. The largest absolute Gasteiger partial charge is 0.468 e. The Morgan fingerprint density at radius 3 is 2.65 bits per heavy atom. The van der Waals surface area contributed by atoms with E-state index >= 15 is 0 Å². The summed E-state index contributed by atoms with van der Waals surface area (Å²) in [6.45, 7) is 10.7. The average molecular weight is 243 g/mol. The van der Waals surface area contributed by atoms with Crippen LogP contribution in [0.4, 0.5) is 0 Å². The second-order valence-corrected chi connectivity index (χ2v) is 5.12. The van der Waals surface area contributed by atoms with E-state index in [0.717, 1.165) is 26.2 Å². The van der Waals surface area contributed by atoms with Crippen molar-refractivity contribution in [1.82, 2.24) is 9.80 Å². The Labute approximate surface area is 104 Å². The van der Waals surface area contributed by atoms with Crippen molar-refractivity contribution in [2.45, 2.75) is 32.4 Å². The van der Waals surface area contributed by atoms with E-state index < -0.39 is 5.54 Å². The first-order valence-electron chi connectivity index (χ1n) is 6.24. The molecule has 1 fully saturated rings. The van der Waals surface area contributed by atoms with Gasteiger partial charge in [-0.3, -0.25) is 14.6 Å². The van der Waals surface area contributed by atoms with Gasteiger partial charge in [-0.25, -0.2) is 0 Å². The molecule has 2 N–H and O–H groups in total. The summed E-state index contributed by atoms with van der Waals surface area (Å²) < 4.78 is 4.72. The van der Waals surface area contributed by atoms with Crippen molar-refractivity contribution in [2.24, 2.45) is 5.73 Å². The van der Waals surface area contributed by atoms with E-state index in [1.54, 1.807) is 6.92 Å². The smallest absolute Gasteiger partial charge is 0.326 e. The highest BCUT2D eigenvalue weighted by Crippen LogP contribution is 2.12. The molecule has 1 heterocycles. The van der Waals surface area contributed by atoms with Crippen LogP contribution in [-0.2, 0) is 9.53 Å². The molecule has 1 aliphatic heterocycles. The number of piperazine rings is 1. The predicted octanol–water partition coefficient (Wildman–Crippen LogP) is -0.0972. The second-order valence-electron chi connectivity index (χ2n) is 5.12. The van der Waals surface area contributed by atoms with E-state index in [1.165, 1.54) is 7.11 Å². The first kappa shape index (κ1) is 14.4. The number of carbonyl (C=O) groups excluding carboxylic acids is 1. The minimum atomic E-state index is -0.914. The van der Waals surface area contributed by atoms with Crippen LogP contribution in [0.25, 0.3) is 0 Å². The molecule has 5 heteroatoms. The Bertz CT molecular complexity index is 268. The lowest BCUT2D eigenvalue weighted by atomic mass is 10.0. The molecule has 0 bridgehead atoms. The minimum absolute atomic E-state index is 0.344. The van der Waals surface area contributed by atoms with E-state index in [4.69, 9.17) is 10.5 Å². The Morgan fingerprint density at radius 2 is 2.18 bits per heavy atom. The van der Waals surface area contributed by atoms with E-state index in [0.29, 0.717) is 12.6 Å². The highest BCUT2D eigenvalue weighted by molar-refractivity contribution is 5.80. The van der Waals surface area contributed by atoms with Crippen LogP contribution in [0.2, 0.25) is 0 Å². The lowest BCUT2D eigenvalue weighted by molar-refractivity contribution is -0.147. The van der Waals surface area contributed by atoms with Crippen LogP contribution in [0.5, 0.6) is 0 Å². The first-order chi connectivity index (χ1) is 7.90. The zero-order chi connectivity index (χ0) is 13.1. The highest BCUT2D eigenvalue weighted by atomic mass is 16.5. The van der Waals surface area contributed by atoms with Crippen molar-refractivity contribution in [3.8, 4) is 0 Å². The van der Waals surface area contributed by atoms with Gasteiger partial charge in [0.05, 0.1) is 7.11 Å². The zero-order valence-corrected chi connectivity index (χ0v) is 11.4. The van der Waals surface area contributed by atoms with Gasteiger partial charge in [-0.2, -0.15) is 0 Å². The van der Waals surface area contributed by atoms with E-state index in [2.05, 4.69) is 23.6 Å². The summed E-state index contributed by atoms with van der Waals surface area (Å²) in [4.78, 5) is 16.2. The number of hydrogen-bond acceptors (Lipinski definition) is 5. The zero-order valence-electron chi connectivity index (χ0n) is 11.4. The number of ether oxygens (including phenoxy) is 1. The van der Waals surface area contributed by atoms with E-state index in [1.807, 2.05) is 0 Å². The van der Waals surface area contributed by atoms with E-state index in [9.17, 15) is 4.79 Å². The lowest BCUT2D eigenvalue weighted by Crippen LogP contribution is -2.59. The molecular weight excluding hydrogens is 218 g/mol. The lowest BCUT2D eigenvalue weighted by Gasteiger charge is -2.41. The van der Waals surface area contributed by atoms with Crippen molar-refractivity contribution in [3.05, 3.63) is 0 Å². The maximum atomic E-state index is 11.5. The van der Waals surface area contributed by atoms with Gasteiger partial charge in [-0.1, -0.05) is 6.92 Å². The van der Waals surface area contributed by atoms with Gasteiger partial charge in [0.25, 0.3) is 0 Å². The standard InChI is InChI=1S/C12H25N3O2/c1-5-15-7-6-14(8-10(15)2)9-12(3,13)11(16)17-4/h10H,5-9,13H2,1-4H3. The quantitative estimate of drug-likeness (QED) is 0.699. The Morgan fingerprint density at radius 1 is 1.53 bits per heavy atom. The molecule has 0 amide bonds. The molecule has 0 radical (unpaired) electrons. The van der Waals surface area contributed by atoms with Crippen molar-refractivity contribution >= 4 is 5.97 Å². The minimum Gasteiger partial charge on any atom is -0.468 e. The van der Waals surface area contributed by atoms with Crippen molar-refractivity contribution in [2.75, 3.05) is 39.8 Å². The molecule has 1 saturated heterocycles. The summed E-state index contributed by atoms with van der Waals surface area (Å²) >= 11 is 0. The summed E-state index contributed by atoms with van der Waals surface area (Å²) in [6.07, 6.45) is 0. The van der Waals surface area contributed by atoms with Gasteiger partial charge in [0.15, 0.2) is 0 Å². The topological polar surface area (TPSA) is 58.8 Å². The summed E-state index contributed by atoms with van der Waals surface area (Å²) in [5.41, 5.74) is 5.07. The number of methoxy groups -OCH3 is 1. The normalized spacial score (nSPS) is 26.5. The monoisotopic (exact) mass is 243 g/mol. The Balaban J connectivity index is 2.51. The van der Waals surface area contributed by atoms with Crippen LogP contribution < -0.4 is 5.73 Å². The van der Waals surface area contributed by atoms with Crippen LogP contribution in [0.15, 0.2) is 0 Å². The third kappa shape index (κ3) is 3.66. The molecule has 0 aromatic carbocycles. The van der Waals surface area contributed by atoms with Crippen LogP contribution in [0.1, 0.15) is 20.8 Å². The molecule has 2 unspecified atom stereocenters.